The normalized spacial score (nSPS) is 13.5. The SMILES string of the molecule is C1=CCCC(N(c2cccc(-c3ccc4c(c3)oc3c5cc6c7cccc8c9ccccc9n(c6cc5ccc43)c87)c2)c2ccc3ccccc3c2)=C1. The molecule has 3 nitrogen and oxygen atoms in total. The van der Waals surface area contributed by atoms with Crippen LogP contribution in [0.4, 0.5) is 11.4 Å². The maximum Gasteiger partial charge on any atom is 0.143 e. The van der Waals surface area contributed by atoms with Crippen molar-refractivity contribution in [2.75, 3.05) is 4.90 Å². The molecule has 0 fully saturated rings. The number of anilines is 2. The molecule has 0 radical (unpaired) electrons. The van der Waals surface area contributed by atoms with Gasteiger partial charge in [-0.2, -0.15) is 0 Å². The molecule has 0 bridgehead atoms. The Morgan fingerprint density at radius 1 is 0.491 bits per heavy atom. The van der Waals surface area contributed by atoms with Crippen LogP contribution in [0.5, 0.6) is 0 Å². The molecule has 11 aromatic rings. The summed E-state index contributed by atoms with van der Waals surface area (Å²) in [5.41, 5.74) is 11.5. The highest BCUT2D eigenvalue weighted by molar-refractivity contribution is 6.26. The predicted octanol–water partition coefficient (Wildman–Crippen LogP) is 14.1. The Balaban J connectivity index is 1.00. The second-order valence-corrected chi connectivity index (χ2v) is 14.4. The fraction of sp³-hybridized carbons (Fsp3) is 0.0400. The molecule has 0 aliphatic heterocycles. The van der Waals surface area contributed by atoms with Gasteiger partial charge < -0.3 is 13.7 Å². The molecule has 0 spiro atoms. The number of furan rings is 1. The molecule has 0 N–H and O–H groups in total. The number of nitrogens with zero attached hydrogens (tertiary/aromatic N) is 2. The summed E-state index contributed by atoms with van der Waals surface area (Å²) >= 11 is 0. The van der Waals surface area contributed by atoms with Crippen LogP contribution < -0.4 is 4.90 Å². The Kier molecular flexibility index (Phi) is 5.89. The lowest BCUT2D eigenvalue weighted by molar-refractivity contribution is 0.673. The van der Waals surface area contributed by atoms with E-state index < -0.39 is 0 Å². The first-order valence-corrected chi connectivity index (χ1v) is 18.5. The molecule has 53 heavy (non-hydrogen) atoms. The van der Waals surface area contributed by atoms with E-state index in [-0.39, 0.29) is 0 Å². The Bertz CT molecular complexity index is 3360. The van der Waals surface area contributed by atoms with Gasteiger partial charge in [-0.25, -0.2) is 0 Å². The van der Waals surface area contributed by atoms with E-state index in [1.807, 2.05) is 0 Å². The number of para-hydroxylation sites is 2. The third kappa shape index (κ3) is 4.16. The first-order chi connectivity index (χ1) is 26.3. The Labute approximate surface area is 305 Å². The van der Waals surface area contributed by atoms with Crippen molar-refractivity contribution >= 4 is 93.0 Å². The lowest BCUT2D eigenvalue weighted by Crippen LogP contribution is -2.17. The summed E-state index contributed by atoms with van der Waals surface area (Å²) in [7, 11) is 0. The van der Waals surface area contributed by atoms with Crippen LogP contribution in [-0.2, 0) is 0 Å². The zero-order chi connectivity index (χ0) is 34.6. The van der Waals surface area contributed by atoms with Gasteiger partial charge >= 0.3 is 0 Å². The highest BCUT2D eigenvalue weighted by atomic mass is 16.3. The number of aromatic nitrogens is 1. The van der Waals surface area contributed by atoms with Crippen molar-refractivity contribution in [3.8, 4) is 11.1 Å². The monoisotopic (exact) mass is 676 g/mol. The van der Waals surface area contributed by atoms with Gasteiger partial charge in [0.05, 0.1) is 16.6 Å². The summed E-state index contributed by atoms with van der Waals surface area (Å²) in [4.78, 5) is 2.42. The van der Waals surface area contributed by atoms with Crippen LogP contribution in [0, 0.1) is 0 Å². The summed E-state index contributed by atoms with van der Waals surface area (Å²) < 4.78 is 9.28. The summed E-state index contributed by atoms with van der Waals surface area (Å²) in [5.74, 6) is 0. The summed E-state index contributed by atoms with van der Waals surface area (Å²) in [5, 5.41) is 12.2. The van der Waals surface area contributed by atoms with Gasteiger partial charge in [0.25, 0.3) is 0 Å². The van der Waals surface area contributed by atoms with Gasteiger partial charge in [0, 0.05) is 54.8 Å². The maximum absolute atomic E-state index is 6.84. The largest absolute Gasteiger partial charge is 0.455 e. The highest BCUT2D eigenvalue weighted by Crippen LogP contribution is 2.43. The summed E-state index contributed by atoms with van der Waals surface area (Å²) in [6.07, 6.45) is 8.72. The number of hydrogen-bond donors (Lipinski definition) is 0. The molecule has 0 atom stereocenters. The Morgan fingerprint density at radius 3 is 2.19 bits per heavy atom. The van der Waals surface area contributed by atoms with Crippen LogP contribution in [0.25, 0.3) is 92.7 Å². The van der Waals surface area contributed by atoms with E-state index in [9.17, 15) is 0 Å². The molecular formula is C50H32N2O. The van der Waals surface area contributed by atoms with Gasteiger partial charge in [0.2, 0.25) is 0 Å². The second-order valence-electron chi connectivity index (χ2n) is 14.4. The first-order valence-electron chi connectivity index (χ1n) is 18.5. The van der Waals surface area contributed by atoms with Crippen molar-refractivity contribution < 1.29 is 4.42 Å². The molecule has 1 aliphatic rings. The Morgan fingerprint density at radius 2 is 1.26 bits per heavy atom. The molecule has 0 amide bonds. The number of fused-ring (bicyclic) bond motifs is 12. The molecule has 3 heteroatoms. The van der Waals surface area contributed by atoms with Gasteiger partial charge in [-0.15, -0.1) is 0 Å². The van der Waals surface area contributed by atoms with E-state index in [1.54, 1.807) is 0 Å². The van der Waals surface area contributed by atoms with Crippen molar-refractivity contribution in [2.24, 2.45) is 0 Å². The van der Waals surface area contributed by atoms with Crippen LogP contribution in [0.15, 0.2) is 180 Å². The quantitative estimate of drug-likeness (QED) is 0.185. The molecule has 12 rings (SSSR count). The van der Waals surface area contributed by atoms with E-state index in [0.29, 0.717) is 0 Å². The van der Waals surface area contributed by atoms with Crippen LogP contribution in [0.2, 0.25) is 0 Å². The molecule has 3 aromatic heterocycles. The zero-order valence-electron chi connectivity index (χ0n) is 28.9. The molecule has 3 heterocycles. The van der Waals surface area contributed by atoms with Crippen molar-refractivity contribution in [3.05, 3.63) is 176 Å². The second kappa shape index (κ2) is 10.8. The Hall–Kier alpha value is -6.84. The topological polar surface area (TPSA) is 20.8 Å². The predicted molar refractivity (Wildman–Crippen MR) is 224 cm³/mol. The van der Waals surface area contributed by atoms with Crippen molar-refractivity contribution in [2.45, 2.75) is 12.8 Å². The number of benzene rings is 8. The average Bonchev–Trinajstić information content (AvgIpc) is 3.87. The van der Waals surface area contributed by atoms with Gasteiger partial charge in [-0.3, -0.25) is 0 Å². The van der Waals surface area contributed by atoms with Gasteiger partial charge in [-0.1, -0.05) is 103 Å². The highest BCUT2D eigenvalue weighted by Gasteiger charge is 2.20. The van der Waals surface area contributed by atoms with Gasteiger partial charge in [0.15, 0.2) is 0 Å². The molecule has 0 saturated heterocycles. The van der Waals surface area contributed by atoms with Crippen LogP contribution in [0.1, 0.15) is 12.8 Å². The van der Waals surface area contributed by atoms with Gasteiger partial charge in [-0.05, 0) is 107 Å². The third-order valence-corrected chi connectivity index (χ3v) is 11.5. The summed E-state index contributed by atoms with van der Waals surface area (Å²) in [6, 6.07) is 55.6. The first kappa shape index (κ1) is 28.8. The van der Waals surface area contributed by atoms with Crippen LogP contribution >= 0.6 is 0 Å². The van der Waals surface area contributed by atoms with E-state index in [0.717, 1.165) is 57.0 Å². The molecule has 0 saturated carbocycles. The maximum atomic E-state index is 6.84. The number of hydrogen-bond acceptors (Lipinski definition) is 2. The fourth-order valence-electron chi connectivity index (χ4n) is 9.06. The van der Waals surface area contributed by atoms with E-state index in [4.69, 9.17) is 4.42 Å². The zero-order valence-corrected chi connectivity index (χ0v) is 28.9. The van der Waals surface area contributed by atoms with Crippen LogP contribution in [0.3, 0.4) is 0 Å². The fourth-order valence-corrected chi connectivity index (χ4v) is 9.06. The average molecular weight is 677 g/mol. The smallest absolute Gasteiger partial charge is 0.143 e. The molecular weight excluding hydrogens is 645 g/mol. The molecule has 1 aliphatic carbocycles. The molecule has 0 unspecified atom stereocenters. The minimum absolute atomic E-state index is 0.904. The molecule has 8 aromatic carbocycles. The number of rotatable bonds is 4. The van der Waals surface area contributed by atoms with E-state index in [1.165, 1.54) is 65.6 Å². The van der Waals surface area contributed by atoms with Crippen molar-refractivity contribution in [3.63, 3.8) is 0 Å². The van der Waals surface area contributed by atoms with E-state index >= 15 is 0 Å². The van der Waals surface area contributed by atoms with Gasteiger partial charge in [0.1, 0.15) is 11.2 Å². The lowest BCUT2D eigenvalue weighted by atomic mass is 10.00. The van der Waals surface area contributed by atoms with Crippen molar-refractivity contribution in [1.82, 2.24) is 4.40 Å². The minimum Gasteiger partial charge on any atom is -0.455 e. The molecule has 248 valence electrons. The minimum atomic E-state index is 0.904. The van der Waals surface area contributed by atoms with E-state index in [2.05, 4.69) is 179 Å². The number of allylic oxidation sites excluding steroid dienone is 4. The lowest BCUT2D eigenvalue weighted by Gasteiger charge is -2.29. The standard InChI is InChI=1S/C50H32N2O/c1-2-13-36(14-3-1)51(38-23-20-31-10-4-5-11-32(31)26-38)37-15-8-12-33(27-37)34-21-24-40-43-25-22-35-28-47-45(30-44(35)50(43)53-48(40)29-34)42-18-9-17-41-39-16-6-7-19-46(39)52(47)49(41)42/h1-2,4-13,15-30H,3,14H2. The summed E-state index contributed by atoms with van der Waals surface area (Å²) in [6.45, 7) is 0. The van der Waals surface area contributed by atoms with Crippen LogP contribution in [-0.4, -0.2) is 4.40 Å². The van der Waals surface area contributed by atoms with Crippen molar-refractivity contribution in [1.29, 1.82) is 0 Å². The third-order valence-electron chi connectivity index (χ3n) is 11.5.